The molecule has 15 heavy (non-hydrogen) atoms. The Kier molecular flexibility index (Phi) is 2.70. The van der Waals surface area contributed by atoms with Gasteiger partial charge in [0.05, 0.1) is 13.2 Å². The van der Waals surface area contributed by atoms with Gasteiger partial charge in [0.1, 0.15) is 5.75 Å². The van der Waals surface area contributed by atoms with Gasteiger partial charge in [0, 0.05) is 0 Å². The Morgan fingerprint density at radius 3 is 2.67 bits per heavy atom. The van der Waals surface area contributed by atoms with Crippen LogP contribution in [0.25, 0.3) is 0 Å². The van der Waals surface area contributed by atoms with E-state index in [-0.39, 0.29) is 6.10 Å². The number of fused-ring (bicyclic) bond motifs is 1. The van der Waals surface area contributed by atoms with Crippen molar-refractivity contribution < 1.29 is 9.84 Å². The fourth-order valence-corrected chi connectivity index (χ4v) is 2.38. The molecule has 2 unspecified atom stereocenters. The number of hydrogen-bond donors (Lipinski definition) is 1. The molecular formula is C13H18O2. The van der Waals surface area contributed by atoms with Crippen molar-refractivity contribution in [2.45, 2.75) is 38.7 Å². The summed E-state index contributed by atoms with van der Waals surface area (Å²) in [6, 6.07) is 4.15. The highest BCUT2D eigenvalue weighted by Gasteiger charge is 2.24. The van der Waals surface area contributed by atoms with E-state index in [0.29, 0.717) is 5.92 Å². The van der Waals surface area contributed by atoms with E-state index < -0.39 is 0 Å². The fraction of sp³-hybridized carbons (Fsp3) is 0.538. The van der Waals surface area contributed by atoms with Gasteiger partial charge >= 0.3 is 0 Å². The molecule has 0 amide bonds. The van der Waals surface area contributed by atoms with Crippen LogP contribution in [0.5, 0.6) is 5.75 Å². The first-order valence-corrected chi connectivity index (χ1v) is 5.50. The first-order chi connectivity index (χ1) is 7.13. The van der Waals surface area contributed by atoms with Crippen LogP contribution in [-0.4, -0.2) is 12.2 Å². The summed E-state index contributed by atoms with van der Waals surface area (Å²) in [5.74, 6) is 1.45. The molecule has 0 fully saturated rings. The van der Waals surface area contributed by atoms with Gasteiger partial charge in [-0.15, -0.1) is 0 Å². The molecule has 2 heteroatoms. The molecule has 1 aromatic carbocycles. The molecule has 1 aromatic rings. The predicted octanol–water partition coefficient (Wildman–Crippen LogP) is 2.93. The Morgan fingerprint density at radius 2 is 2.00 bits per heavy atom. The number of hydrogen-bond acceptors (Lipinski definition) is 2. The molecule has 0 heterocycles. The Labute approximate surface area is 90.9 Å². The van der Waals surface area contributed by atoms with E-state index in [9.17, 15) is 5.11 Å². The summed E-state index contributed by atoms with van der Waals surface area (Å²) < 4.78 is 5.31. The third-order valence-electron chi connectivity index (χ3n) is 3.36. The third kappa shape index (κ3) is 1.74. The number of ether oxygens (including phenoxy) is 1. The molecule has 2 rings (SSSR count). The average molecular weight is 206 g/mol. The maximum absolute atomic E-state index is 9.93. The molecule has 82 valence electrons. The minimum Gasteiger partial charge on any atom is -0.496 e. The standard InChI is InChI=1S/C13H18O2/c1-8-4-5-12(14)11-6-9(2)13(15-3)7-10(8)11/h6-8,12,14H,4-5H2,1-3H3. The van der Waals surface area contributed by atoms with E-state index in [1.165, 1.54) is 5.56 Å². The zero-order valence-electron chi connectivity index (χ0n) is 9.58. The molecule has 0 spiro atoms. The number of aryl methyl sites for hydroxylation is 1. The Hall–Kier alpha value is -1.02. The number of rotatable bonds is 1. The van der Waals surface area contributed by atoms with Crippen molar-refractivity contribution in [1.82, 2.24) is 0 Å². The highest BCUT2D eigenvalue weighted by atomic mass is 16.5. The second kappa shape index (κ2) is 3.86. The summed E-state index contributed by atoms with van der Waals surface area (Å²) in [5, 5.41) is 9.93. The summed E-state index contributed by atoms with van der Waals surface area (Å²) in [7, 11) is 1.69. The summed E-state index contributed by atoms with van der Waals surface area (Å²) in [6.45, 7) is 4.23. The lowest BCUT2D eigenvalue weighted by atomic mass is 9.81. The molecule has 1 aliphatic carbocycles. The number of aliphatic hydroxyl groups excluding tert-OH is 1. The second-order valence-corrected chi connectivity index (χ2v) is 4.44. The lowest BCUT2D eigenvalue weighted by molar-refractivity contribution is 0.151. The van der Waals surface area contributed by atoms with Crippen molar-refractivity contribution >= 4 is 0 Å². The Morgan fingerprint density at radius 1 is 1.27 bits per heavy atom. The molecule has 0 aliphatic heterocycles. The van der Waals surface area contributed by atoms with Crippen LogP contribution in [0.1, 0.15) is 48.5 Å². The van der Waals surface area contributed by atoms with E-state index in [2.05, 4.69) is 19.1 Å². The number of benzene rings is 1. The smallest absolute Gasteiger partial charge is 0.122 e. The van der Waals surface area contributed by atoms with Gasteiger partial charge in [-0.1, -0.05) is 6.92 Å². The summed E-state index contributed by atoms with van der Waals surface area (Å²) >= 11 is 0. The second-order valence-electron chi connectivity index (χ2n) is 4.44. The van der Waals surface area contributed by atoms with Crippen molar-refractivity contribution in [2.75, 3.05) is 7.11 Å². The lowest BCUT2D eigenvalue weighted by Crippen LogP contribution is -2.13. The monoisotopic (exact) mass is 206 g/mol. The molecule has 0 saturated heterocycles. The van der Waals surface area contributed by atoms with E-state index in [1.54, 1.807) is 7.11 Å². The van der Waals surface area contributed by atoms with Gasteiger partial charge in [-0.25, -0.2) is 0 Å². The van der Waals surface area contributed by atoms with Gasteiger partial charge < -0.3 is 9.84 Å². The van der Waals surface area contributed by atoms with Crippen LogP contribution in [0.4, 0.5) is 0 Å². The molecule has 2 nitrogen and oxygen atoms in total. The zero-order chi connectivity index (χ0) is 11.0. The van der Waals surface area contributed by atoms with Gasteiger partial charge in [0.15, 0.2) is 0 Å². The van der Waals surface area contributed by atoms with Crippen LogP contribution in [0.15, 0.2) is 12.1 Å². The summed E-state index contributed by atoms with van der Waals surface area (Å²) in [4.78, 5) is 0. The minimum atomic E-state index is -0.291. The van der Waals surface area contributed by atoms with Crippen molar-refractivity contribution in [2.24, 2.45) is 0 Å². The predicted molar refractivity (Wildman–Crippen MR) is 60.3 cm³/mol. The van der Waals surface area contributed by atoms with Gasteiger partial charge in [-0.2, -0.15) is 0 Å². The van der Waals surface area contributed by atoms with Crippen LogP contribution >= 0.6 is 0 Å². The highest BCUT2D eigenvalue weighted by molar-refractivity contribution is 5.45. The minimum absolute atomic E-state index is 0.291. The van der Waals surface area contributed by atoms with Crippen LogP contribution in [0.3, 0.4) is 0 Å². The molecule has 2 atom stereocenters. The van der Waals surface area contributed by atoms with E-state index in [1.807, 2.05) is 6.92 Å². The first kappa shape index (κ1) is 10.5. The SMILES string of the molecule is COc1cc2c(cc1C)C(O)CCC2C. The lowest BCUT2D eigenvalue weighted by Gasteiger charge is -2.27. The normalized spacial score (nSPS) is 24.8. The molecule has 1 N–H and O–H groups in total. The van der Waals surface area contributed by atoms with Gasteiger partial charge in [-0.3, -0.25) is 0 Å². The first-order valence-electron chi connectivity index (χ1n) is 5.50. The third-order valence-corrected chi connectivity index (χ3v) is 3.36. The zero-order valence-corrected chi connectivity index (χ0v) is 9.58. The van der Waals surface area contributed by atoms with Crippen LogP contribution in [0, 0.1) is 6.92 Å². The Balaban J connectivity index is 2.53. The largest absolute Gasteiger partial charge is 0.496 e. The van der Waals surface area contributed by atoms with Crippen molar-refractivity contribution in [1.29, 1.82) is 0 Å². The molecule has 0 bridgehead atoms. The maximum Gasteiger partial charge on any atom is 0.122 e. The Bertz CT molecular complexity index is 371. The van der Waals surface area contributed by atoms with E-state index in [4.69, 9.17) is 4.74 Å². The fourth-order valence-electron chi connectivity index (χ4n) is 2.38. The quantitative estimate of drug-likeness (QED) is 0.765. The van der Waals surface area contributed by atoms with Crippen molar-refractivity contribution in [3.8, 4) is 5.75 Å². The average Bonchev–Trinajstić information content (AvgIpc) is 2.23. The summed E-state index contributed by atoms with van der Waals surface area (Å²) in [5.41, 5.74) is 3.44. The van der Waals surface area contributed by atoms with Crippen LogP contribution in [-0.2, 0) is 0 Å². The van der Waals surface area contributed by atoms with Crippen LogP contribution < -0.4 is 4.74 Å². The summed E-state index contributed by atoms with van der Waals surface area (Å²) in [6.07, 6.45) is 1.64. The molecule has 0 aromatic heterocycles. The maximum atomic E-state index is 9.93. The molecular weight excluding hydrogens is 188 g/mol. The molecule has 0 saturated carbocycles. The van der Waals surface area contributed by atoms with E-state index >= 15 is 0 Å². The van der Waals surface area contributed by atoms with Gasteiger partial charge in [-0.05, 0) is 54.5 Å². The van der Waals surface area contributed by atoms with E-state index in [0.717, 1.165) is 29.7 Å². The van der Waals surface area contributed by atoms with Crippen LogP contribution in [0.2, 0.25) is 0 Å². The molecule has 0 radical (unpaired) electrons. The van der Waals surface area contributed by atoms with Gasteiger partial charge in [0.2, 0.25) is 0 Å². The van der Waals surface area contributed by atoms with Crippen molar-refractivity contribution in [3.63, 3.8) is 0 Å². The van der Waals surface area contributed by atoms with Gasteiger partial charge in [0.25, 0.3) is 0 Å². The number of aliphatic hydroxyl groups is 1. The topological polar surface area (TPSA) is 29.5 Å². The molecule has 1 aliphatic rings. The highest BCUT2D eigenvalue weighted by Crippen LogP contribution is 2.40. The van der Waals surface area contributed by atoms with Crippen molar-refractivity contribution in [3.05, 3.63) is 28.8 Å². The number of methoxy groups -OCH3 is 1.